The van der Waals surface area contributed by atoms with Gasteiger partial charge in [-0.2, -0.15) is 0 Å². The number of hydrogen-bond acceptors (Lipinski definition) is 3. The number of carbonyl (C=O) groups is 1. The lowest BCUT2D eigenvalue weighted by Gasteiger charge is -2.32. The molecule has 21 heavy (non-hydrogen) atoms. The molecule has 1 fully saturated rings. The molecule has 0 unspecified atom stereocenters. The molecule has 0 atom stereocenters. The van der Waals surface area contributed by atoms with E-state index in [2.05, 4.69) is 11.9 Å². The number of carbonyl (C=O) groups excluding carboxylic acids is 1. The van der Waals surface area contributed by atoms with E-state index in [0.29, 0.717) is 5.57 Å². The van der Waals surface area contributed by atoms with Crippen LogP contribution < -0.4 is 10.8 Å². The Morgan fingerprint density at radius 3 is 2.00 bits per heavy atom. The van der Waals surface area contributed by atoms with E-state index in [1.54, 1.807) is 6.92 Å². The van der Waals surface area contributed by atoms with Crippen LogP contribution in [-0.2, 0) is 14.1 Å². The largest absolute Gasteiger partial charge is 0.494 e. The van der Waals surface area contributed by atoms with Crippen molar-refractivity contribution in [1.82, 2.24) is 0 Å². The molecule has 0 aromatic heterocycles. The highest BCUT2D eigenvalue weighted by molar-refractivity contribution is 6.62. The number of nitrogens with one attached hydrogen (secondary N) is 1. The molecule has 0 saturated carbocycles. The smallest absolute Gasteiger partial charge is 0.399 e. The van der Waals surface area contributed by atoms with Gasteiger partial charge in [-0.3, -0.25) is 4.79 Å². The van der Waals surface area contributed by atoms with Crippen LogP contribution in [-0.4, -0.2) is 24.2 Å². The monoisotopic (exact) mass is 287 g/mol. The summed E-state index contributed by atoms with van der Waals surface area (Å²) in [5, 5.41) is 2.77. The van der Waals surface area contributed by atoms with Crippen molar-refractivity contribution in [2.45, 2.75) is 45.8 Å². The summed E-state index contributed by atoms with van der Waals surface area (Å²) in [5.74, 6) is -0.182. The molecule has 0 bridgehead atoms. The van der Waals surface area contributed by atoms with Crippen LogP contribution in [0.1, 0.15) is 34.6 Å². The predicted octanol–water partition coefficient (Wildman–Crippen LogP) is 2.50. The molecule has 4 nitrogen and oxygen atoms in total. The van der Waals surface area contributed by atoms with Gasteiger partial charge in [0.1, 0.15) is 0 Å². The molecule has 1 aliphatic rings. The standard InChI is InChI=1S/C16H22BNO3/c1-11(2)14(19)18-13-9-7-12(8-10-13)17-20-15(3,4)16(5,6)21-17/h7-10H,1H2,2-6H3,(H,18,19). The molecular formula is C16H22BNO3. The van der Waals surface area contributed by atoms with Crippen molar-refractivity contribution < 1.29 is 14.1 Å². The average Bonchev–Trinajstić information content (AvgIpc) is 2.59. The highest BCUT2D eigenvalue weighted by Crippen LogP contribution is 2.36. The van der Waals surface area contributed by atoms with Crippen LogP contribution in [0.25, 0.3) is 0 Å². The second-order valence-electron chi connectivity index (χ2n) is 6.44. The zero-order chi connectivity index (χ0) is 15.8. The Labute approximate surface area is 126 Å². The maximum Gasteiger partial charge on any atom is 0.494 e. The molecule has 5 heteroatoms. The van der Waals surface area contributed by atoms with E-state index in [1.165, 1.54) is 0 Å². The van der Waals surface area contributed by atoms with Gasteiger partial charge in [0.2, 0.25) is 0 Å². The molecule has 0 radical (unpaired) electrons. The van der Waals surface area contributed by atoms with E-state index < -0.39 is 0 Å². The lowest BCUT2D eigenvalue weighted by Crippen LogP contribution is -2.41. The fraction of sp³-hybridized carbons (Fsp3) is 0.438. The van der Waals surface area contributed by atoms with Crippen molar-refractivity contribution in [2.75, 3.05) is 5.32 Å². The topological polar surface area (TPSA) is 47.6 Å². The molecule has 1 heterocycles. The van der Waals surface area contributed by atoms with E-state index in [1.807, 2.05) is 52.0 Å². The maximum atomic E-state index is 11.6. The lowest BCUT2D eigenvalue weighted by atomic mass is 9.79. The molecule has 1 saturated heterocycles. The first-order chi connectivity index (χ1) is 9.62. The molecule has 0 aliphatic carbocycles. The molecule has 1 aromatic carbocycles. The van der Waals surface area contributed by atoms with Crippen LogP contribution in [0.4, 0.5) is 5.69 Å². The molecule has 1 aromatic rings. The van der Waals surface area contributed by atoms with Crippen LogP contribution in [0.3, 0.4) is 0 Å². The van der Waals surface area contributed by atoms with Crippen LogP contribution in [0, 0.1) is 0 Å². The average molecular weight is 287 g/mol. The summed E-state index contributed by atoms with van der Waals surface area (Å²) < 4.78 is 12.0. The SMILES string of the molecule is C=C(C)C(=O)Nc1ccc(B2OC(C)(C)C(C)(C)O2)cc1. The van der Waals surface area contributed by atoms with Gasteiger partial charge >= 0.3 is 7.12 Å². The van der Waals surface area contributed by atoms with Gasteiger partial charge in [0, 0.05) is 11.3 Å². The molecule has 112 valence electrons. The van der Waals surface area contributed by atoms with Crippen LogP contribution in [0.2, 0.25) is 0 Å². The molecule has 1 N–H and O–H groups in total. The normalized spacial score (nSPS) is 19.4. The third kappa shape index (κ3) is 3.19. The number of benzene rings is 1. The zero-order valence-electron chi connectivity index (χ0n) is 13.3. The van der Waals surface area contributed by atoms with Gasteiger partial charge in [-0.25, -0.2) is 0 Å². The minimum absolute atomic E-state index is 0.182. The fourth-order valence-electron chi connectivity index (χ4n) is 1.94. The Kier molecular flexibility index (Phi) is 4.00. The Morgan fingerprint density at radius 1 is 1.10 bits per heavy atom. The minimum atomic E-state index is -0.388. The number of hydrogen-bond donors (Lipinski definition) is 1. The third-order valence-electron chi connectivity index (χ3n) is 4.08. The van der Waals surface area contributed by atoms with Gasteiger partial charge in [-0.1, -0.05) is 18.7 Å². The summed E-state index contributed by atoms with van der Waals surface area (Å²) >= 11 is 0. The van der Waals surface area contributed by atoms with Crippen LogP contribution in [0.5, 0.6) is 0 Å². The lowest BCUT2D eigenvalue weighted by molar-refractivity contribution is -0.112. The van der Waals surface area contributed by atoms with Crippen LogP contribution >= 0.6 is 0 Å². The fourth-order valence-corrected chi connectivity index (χ4v) is 1.94. The van der Waals surface area contributed by atoms with Gasteiger partial charge < -0.3 is 14.6 Å². The van der Waals surface area contributed by atoms with Gasteiger partial charge in [0.05, 0.1) is 11.2 Å². The first-order valence-corrected chi connectivity index (χ1v) is 7.05. The summed E-state index contributed by atoms with van der Waals surface area (Å²) in [6.07, 6.45) is 0. The van der Waals surface area contributed by atoms with Gasteiger partial charge in [-0.05, 0) is 52.2 Å². The Hall–Kier alpha value is -1.59. The molecular weight excluding hydrogens is 265 g/mol. The van der Waals surface area contributed by atoms with Crippen LogP contribution in [0.15, 0.2) is 36.4 Å². The van der Waals surface area contributed by atoms with Crippen molar-refractivity contribution >= 4 is 24.2 Å². The van der Waals surface area contributed by atoms with Crippen molar-refractivity contribution in [2.24, 2.45) is 0 Å². The summed E-state index contributed by atoms with van der Waals surface area (Å²) in [6.45, 7) is 13.4. The number of amides is 1. The second-order valence-corrected chi connectivity index (χ2v) is 6.44. The molecule has 1 amide bonds. The van der Waals surface area contributed by atoms with Crippen molar-refractivity contribution in [3.05, 3.63) is 36.4 Å². The number of anilines is 1. The number of rotatable bonds is 3. The first kappa shape index (κ1) is 15.8. The Balaban J connectivity index is 2.10. The van der Waals surface area contributed by atoms with E-state index in [9.17, 15) is 4.79 Å². The zero-order valence-corrected chi connectivity index (χ0v) is 13.3. The highest BCUT2D eigenvalue weighted by atomic mass is 16.7. The van der Waals surface area contributed by atoms with Crippen molar-refractivity contribution in [3.63, 3.8) is 0 Å². The van der Waals surface area contributed by atoms with E-state index in [0.717, 1.165) is 11.2 Å². The van der Waals surface area contributed by atoms with E-state index in [4.69, 9.17) is 9.31 Å². The highest BCUT2D eigenvalue weighted by Gasteiger charge is 2.51. The summed E-state index contributed by atoms with van der Waals surface area (Å²) in [6, 6.07) is 7.47. The molecule has 2 rings (SSSR count). The first-order valence-electron chi connectivity index (χ1n) is 7.05. The van der Waals surface area contributed by atoms with E-state index >= 15 is 0 Å². The summed E-state index contributed by atoms with van der Waals surface area (Å²) in [4.78, 5) is 11.6. The third-order valence-corrected chi connectivity index (χ3v) is 4.08. The van der Waals surface area contributed by atoms with Crippen molar-refractivity contribution in [1.29, 1.82) is 0 Å². The van der Waals surface area contributed by atoms with Gasteiger partial charge in [0.15, 0.2) is 0 Å². The molecule has 0 spiro atoms. The Bertz CT molecular complexity index is 547. The predicted molar refractivity (Wildman–Crippen MR) is 85.6 cm³/mol. The van der Waals surface area contributed by atoms with Gasteiger partial charge in [-0.15, -0.1) is 0 Å². The summed E-state index contributed by atoms with van der Waals surface area (Å²) in [5.41, 5.74) is 1.42. The van der Waals surface area contributed by atoms with Crippen molar-refractivity contribution in [3.8, 4) is 0 Å². The van der Waals surface area contributed by atoms with E-state index in [-0.39, 0.29) is 24.2 Å². The minimum Gasteiger partial charge on any atom is -0.399 e. The Morgan fingerprint density at radius 2 is 1.57 bits per heavy atom. The summed E-state index contributed by atoms with van der Waals surface area (Å²) in [7, 11) is -0.388. The second kappa shape index (κ2) is 5.32. The maximum absolute atomic E-state index is 11.6. The van der Waals surface area contributed by atoms with Gasteiger partial charge in [0.25, 0.3) is 5.91 Å². The molecule has 1 aliphatic heterocycles. The quantitative estimate of drug-likeness (QED) is 0.686.